The number of carbonyl (C=O) groups excluding carboxylic acids is 1. The van der Waals surface area contributed by atoms with Gasteiger partial charge in [0, 0.05) is 5.92 Å². The summed E-state index contributed by atoms with van der Waals surface area (Å²) in [5, 5.41) is 8.46. The highest BCUT2D eigenvalue weighted by atomic mass is 16.4. The standard InChI is InChI=1S/C6H8O3/c1-6(5(8)9)2-4(6)3-7/h3-4H,2H2,1H3,(H,8,9)/t4?,6-/m0/s1. The van der Waals surface area contributed by atoms with Gasteiger partial charge in [0.25, 0.3) is 0 Å². The van der Waals surface area contributed by atoms with Crippen molar-refractivity contribution < 1.29 is 14.7 Å². The molecular weight excluding hydrogens is 120 g/mol. The second kappa shape index (κ2) is 1.56. The molecule has 2 atom stereocenters. The molecule has 3 heteroatoms. The van der Waals surface area contributed by atoms with Crippen molar-refractivity contribution in [3.63, 3.8) is 0 Å². The van der Waals surface area contributed by atoms with Gasteiger partial charge in [-0.05, 0) is 13.3 Å². The number of hydrogen-bond acceptors (Lipinski definition) is 2. The molecule has 0 bridgehead atoms. The fourth-order valence-electron chi connectivity index (χ4n) is 0.842. The van der Waals surface area contributed by atoms with Gasteiger partial charge in [-0.25, -0.2) is 0 Å². The fourth-order valence-corrected chi connectivity index (χ4v) is 0.842. The summed E-state index contributed by atoms with van der Waals surface area (Å²) in [7, 11) is 0. The maximum absolute atomic E-state index is 10.3. The molecule has 1 fully saturated rings. The Hall–Kier alpha value is -0.860. The lowest BCUT2D eigenvalue weighted by Gasteiger charge is -1.97. The van der Waals surface area contributed by atoms with Crippen molar-refractivity contribution in [1.29, 1.82) is 0 Å². The second-order valence-corrected chi connectivity index (χ2v) is 2.67. The maximum atomic E-state index is 10.3. The summed E-state index contributed by atoms with van der Waals surface area (Å²) in [6.45, 7) is 1.59. The van der Waals surface area contributed by atoms with Crippen LogP contribution in [0.1, 0.15) is 13.3 Å². The first kappa shape index (κ1) is 6.26. The van der Waals surface area contributed by atoms with E-state index in [1.807, 2.05) is 0 Å². The Morgan fingerprint density at radius 1 is 1.89 bits per heavy atom. The quantitative estimate of drug-likeness (QED) is 0.544. The van der Waals surface area contributed by atoms with Crippen LogP contribution in [0.2, 0.25) is 0 Å². The number of hydrogen-bond donors (Lipinski definition) is 1. The van der Waals surface area contributed by atoms with Crippen molar-refractivity contribution in [2.45, 2.75) is 13.3 Å². The van der Waals surface area contributed by atoms with Gasteiger partial charge < -0.3 is 9.90 Å². The van der Waals surface area contributed by atoms with Gasteiger partial charge in [-0.2, -0.15) is 0 Å². The summed E-state index contributed by atoms with van der Waals surface area (Å²) in [4.78, 5) is 20.3. The van der Waals surface area contributed by atoms with Crippen LogP contribution in [0.15, 0.2) is 0 Å². The van der Waals surface area contributed by atoms with E-state index in [4.69, 9.17) is 5.11 Å². The third-order valence-electron chi connectivity index (χ3n) is 1.96. The summed E-state index contributed by atoms with van der Waals surface area (Å²) in [6, 6.07) is 0. The number of carboxylic acids is 1. The molecule has 1 aliphatic rings. The largest absolute Gasteiger partial charge is 0.481 e. The van der Waals surface area contributed by atoms with E-state index in [0.29, 0.717) is 12.7 Å². The average Bonchev–Trinajstić information content (AvgIpc) is 2.44. The molecule has 0 heterocycles. The normalized spacial score (nSPS) is 39.9. The summed E-state index contributed by atoms with van der Waals surface area (Å²) < 4.78 is 0. The predicted molar refractivity (Wildman–Crippen MR) is 29.9 cm³/mol. The molecular formula is C6H8O3. The molecule has 9 heavy (non-hydrogen) atoms. The lowest BCUT2D eigenvalue weighted by molar-refractivity contribution is -0.143. The summed E-state index contributed by atoms with van der Waals surface area (Å²) in [5.74, 6) is -1.10. The molecule has 1 saturated carbocycles. The number of aliphatic carboxylic acids is 1. The van der Waals surface area contributed by atoms with Crippen LogP contribution >= 0.6 is 0 Å². The molecule has 0 saturated heterocycles. The topological polar surface area (TPSA) is 54.4 Å². The molecule has 0 aromatic carbocycles. The Morgan fingerprint density at radius 3 is 2.56 bits per heavy atom. The first-order chi connectivity index (χ1) is 4.11. The zero-order chi connectivity index (χ0) is 7.07. The number of aldehydes is 1. The van der Waals surface area contributed by atoms with Crippen LogP contribution in [-0.4, -0.2) is 17.4 Å². The monoisotopic (exact) mass is 128 g/mol. The first-order valence-corrected chi connectivity index (χ1v) is 2.80. The second-order valence-electron chi connectivity index (χ2n) is 2.67. The van der Waals surface area contributed by atoms with Crippen LogP contribution in [0.4, 0.5) is 0 Å². The van der Waals surface area contributed by atoms with E-state index in [1.54, 1.807) is 6.92 Å². The third-order valence-corrected chi connectivity index (χ3v) is 1.96. The molecule has 0 radical (unpaired) electrons. The van der Waals surface area contributed by atoms with E-state index in [-0.39, 0.29) is 5.92 Å². The Bertz CT molecular complexity index is 164. The van der Waals surface area contributed by atoms with Crippen molar-refractivity contribution in [3.05, 3.63) is 0 Å². The predicted octanol–water partition coefficient (Wildman–Crippen LogP) is 0.296. The molecule has 0 aliphatic heterocycles. The number of carboxylic acid groups (broad SMARTS) is 1. The molecule has 3 nitrogen and oxygen atoms in total. The van der Waals surface area contributed by atoms with Gasteiger partial charge in [-0.1, -0.05) is 0 Å². The van der Waals surface area contributed by atoms with Crippen LogP contribution in [0.25, 0.3) is 0 Å². The van der Waals surface area contributed by atoms with Crippen molar-refractivity contribution in [2.24, 2.45) is 11.3 Å². The Morgan fingerprint density at radius 2 is 2.44 bits per heavy atom. The van der Waals surface area contributed by atoms with E-state index < -0.39 is 11.4 Å². The molecule has 1 rings (SSSR count). The van der Waals surface area contributed by atoms with Gasteiger partial charge >= 0.3 is 5.97 Å². The summed E-state index contributed by atoms with van der Waals surface area (Å²) in [5.41, 5.74) is -0.734. The molecule has 1 N–H and O–H groups in total. The van der Waals surface area contributed by atoms with E-state index in [0.717, 1.165) is 0 Å². The Balaban J connectivity index is 2.62. The van der Waals surface area contributed by atoms with Crippen molar-refractivity contribution in [1.82, 2.24) is 0 Å². The summed E-state index contributed by atoms with van der Waals surface area (Å²) in [6.07, 6.45) is 1.22. The molecule has 0 aromatic rings. The number of rotatable bonds is 2. The van der Waals surface area contributed by atoms with E-state index >= 15 is 0 Å². The smallest absolute Gasteiger partial charge is 0.310 e. The van der Waals surface area contributed by atoms with Gasteiger partial charge in [-0.3, -0.25) is 4.79 Å². The zero-order valence-electron chi connectivity index (χ0n) is 5.13. The molecule has 0 aromatic heterocycles. The van der Waals surface area contributed by atoms with E-state index in [9.17, 15) is 9.59 Å². The Kier molecular flexibility index (Phi) is 1.08. The Labute approximate surface area is 52.7 Å². The molecule has 0 spiro atoms. The highest BCUT2D eigenvalue weighted by molar-refractivity contribution is 5.84. The SMILES string of the molecule is C[C@]1(C(=O)O)CC1C=O. The highest BCUT2D eigenvalue weighted by Gasteiger charge is 2.56. The van der Waals surface area contributed by atoms with Gasteiger partial charge in [-0.15, -0.1) is 0 Å². The van der Waals surface area contributed by atoms with Crippen LogP contribution in [0, 0.1) is 11.3 Å². The maximum Gasteiger partial charge on any atom is 0.310 e. The van der Waals surface area contributed by atoms with Crippen molar-refractivity contribution in [3.8, 4) is 0 Å². The fraction of sp³-hybridized carbons (Fsp3) is 0.667. The minimum Gasteiger partial charge on any atom is -0.481 e. The van der Waals surface area contributed by atoms with Crippen LogP contribution in [0.3, 0.4) is 0 Å². The van der Waals surface area contributed by atoms with Crippen LogP contribution in [0.5, 0.6) is 0 Å². The first-order valence-electron chi connectivity index (χ1n) is 2.80. The molecule has 1 aliphatic carbocycles. The van der Waals surface area contributed by atoms with Gasteiger partial charge in [0.2, 0.25) is 0 Å². The average molecular weight is 128 g/mol. The minimum atomic E-state index is -0.861. The van der Waals surface area contributed by atoms with E-state index in [1.165, 1.54) is 0 Å². The lowest BCUT2D eigenvalue weighted by atomic mass is 10.1. The zero-order valence-corrected chi connectivity index (χ0v) is 5.13. The third kappa shape index (κ3) is 0.724. The van der Waals surface area contributed by atoms with Crippen LogP contribution in [-0.2, 0) is 9.59 Å². The van der Waals surface area contributed by atoms with Crippen molar-refractivity contribution in [2.75, 3.05) is 0 Å². The van der Waals surface area contributed by atoms with Gasteiger partial charge in [0.05, 0.1) is 5.41 Å². The molecule has 0 amide bonds. The number of carbonyl (C=O) groups is 2. The minimum absolute atomic E-state index is 0.241. The molecule has 50 valence electrons. The van der Waals surface area contributed by atoms with Gasteiger partial charge in [0.15, 0.2) is 0 Å². The van der Waals surface area contributed by atoms with Crippen LogP contribution < -0.4 is 0 Å². The molecule has 1 unspecified atom stereocenters. The van der Waals surface area contributed by atoms with Crippen molar-refractivity contribution >= 4 is 12.3 Å². The highest BCUT2D eigenvalue weighted by Crippen LogP contribution is 2.50. The summed E-state index contributed by atoms with van der Waals surface area (Å²) >= 11 is 0. The lowest BCUT2D eigenvalue weighted by Crippen LogP contribution is -2.13. The van der Waals surface area contributed by atoms with E-state index in [2.05, 4.69) is 0 Å². The van der Waals surface area contributed by atoms with Gasteiger partial charge in [0.1, 0.15) is 6.29 Å².